The van der Waals surface area contributed by atoms with Gasteiger partial charge in [0.1, 0.15) is 6.29 Å². The Hall–Kier alpha value is -2.04. The van der Waals surface area contributed by atoms with E-state index in [-0.39, 0.29) is 11.3 Å². The standard InChI is InChI=1S/C18H13ClO/c19-11-8-14-7-9-18(10-12-20)16(13-14)6-5-15-3-1-2-4-17(15)18/h1-7,9,12-14H,10H2. The maximum Gasteiger partial charge on any atom is 0.121 e. The second-order valence-corrected chi connectivity index (χ2v) is 5.20. The Kier molecular flexibility index (Phi) is 3.34. The summed E-state index contributed by atoms with van der Waals surface area (Å²) >= 11 is 5.49. The lowest BCUT2D eigenvalue weighted by atomic mass is 9.65. The van der Waals surface area contributed by atoms with Crippen LogP contribution in [0.2, 0.25) is 0 Å². The van der Waals surface area contributed by atoms with E-state index >= 15 is 0 Å². The molecule has 2 aliphatic rings. The summed E-state index contributed by atoms with van der Waals surface area (Å²) in [6, 6.07) is 8.20. The molecular weight excluding hydrogens is 268 g/mol. The molecule has 0 spiro atoms. The van der Waals surface area contributed by atoms with Crippen LogP contribution in [0.3, 0.4) is 0 Å². The summed E-state index contributed by atoms with van der Waals surface area (Å²) in [5, 5.41) is 2.43. The van der Waals surface area contributed by atoms with Crippen molar-refractivity contribution < 1.29 is 4.79 Å². The third kappa shape index (κ3) is 1.94. The van der Waals surface area contributed by atoms with Crippen molar-refractivity contribution in [2.24, 2.45) is 5.92 Å². The van der Waals surface area contributed by atoms with Crippen LogP contribution in [0.5, 0.6) is 0 Å². The van der Waals surface area contributed by atoms with Gasteiger partial charge in [-0.2, -0.15) is 0 Å². The van der Waals surface area contributed by atoms with Crippen molar-refractivity contribution in [1.82, 2.24) is 0 Å². The Morgan fingerprint density at radius 1 is 1.30 bits per heavy atom. The summed E-state index contributed by atoms with van der Waals surface area (Å²) in [5.41, 5.74) is 3.11. The Balaban J connectivity index is 2.18. The quantitative estimate of drug-likeness (QED) is 0.457. The highest BCUT2D eigenvalue weighted by molar-refractivity contribution is 6.30. The zero-order chi connectivity index (χ0) is 14.0. The van der Waals surface area contributed by atoms with Crippen LogP contribution in [-0.4, -0.2) is 6.29 Å². The zero-order valence-corrected chi connectivity index (χ0v) is 11.6. The van der Waals surface area contributed by atoms with Gasteiger partial charge >= 0.3 is 0 Å². The molecule has 1 aromatic carbocycles. The van der Waals surface area contributed by atoms with Gasteiger partial charge in [0.15, 0.2) is 0 Å². The van der Waals surface area contributed by atoms with E-state index in [1.165, 1.54) is 5.56 Å². The highest BCUT2D eigenvalue weighted by atomic mass is 35.5. The lowest BCUT2D eigenvalue weighted by Crippen LogP contribution is -2.31. The van der Waals surface area contributed by atoms with Crippen LogP contribution in [0.1, 0.15) is 17.5 Å². The molecule has 98 valence electrons. The van der Waals surface area contributed by atoms with Crippen molar-refractivity contribution in [3.8, 4) is 11.3 Å². The maximum atomic E-state index is 11.2. The number of carbonyl (C=O) groups excluding carboxylic acids is 1. The van der Waals surface area contributed by atoms with Crippen molar-refractivity contribution in [2.75, 3.05) is 0 Å². The highest BCUT2D eigenvalue weighted by Gasteiger charge is 2.37. The summed E-state index contributed by atoms with van der Waals surface area (Å²) in [6.07, 6.45) is 11.8. The van der Waals surface area contributed by atoms with Crippen LogP contribution in [0.25, 0.3) is 6.08 Å². The molecule has 0 aliphatic heterocycles. The third-order valence-corrected chi connectivity index (χ3v) is 4.08. The van der Waals surface area contributed by atoms with E-state index in [1.807, 2.05) is 18.2 Å². The summed E-state index contributed by atoms with van der Waals surface area (Å²) < 4.78 is 0. The lowest BCUT2D eigenvalue weighted by molar-refractivity contribution is -0.108. The van der Waals surface area contributed by atoms with Crippen LogP contribution < -0.4 is 0 Å². The topological polar surface area (TPSA) is 17.1 Å². The normalized spacial score (nSPS) is 25.9. The minimum Gasteiger partial charge on any atom is -0.303 e. The number of allylic oxidation sites excluding steroid dienone is 5. The number of hydrogen-bond donors (Lipinski definition) is 0. The Bertz CT molecular complexity index is 700. The molecule has 2 unspecified atom stereocenters. The molecule has 0 heterocycles. The molecule has 3 rings (SSSR count). The van der Waals surface area contributed by atoms with Gasteiger partial charge in [-0.25, -0.2) is 0 Å². The SMILES string of the molecule is O=CCC12C=CC(C#CCl)C=C1C=Cc1ccccc12. The highest BCUT2D eigenvalue weighted by Crippen LogP contribution is 2.45. The summed E-state index contributed by atoms with van der Waals surface area (Å²) in [7, 11) is 0. The van der Waals surface area contributed by atoms with Crippen LogP contribution in [0.4, 0.5) is 0 Å². The van der Waals surface area contributed by atoms with Crippen LogP contribution in [0, 0.1) is 17.2 Å². The molecule has 1 aromatic rings. The fraction of sp³-hybridized carbons (Fsp3) is 0.167. The minimum absolute atomic E-state index is 0.0113. The molecule has 2 atom stereocenters. The lowest BCUT2D eigenvalue weighted by Gasteiger charge is -2.38. The molecule has 0 amide bonds. The predicted octanol–water partition coefficient (Wildman–Crippen LogP) is 3.85. The van der Waals surface area contributed by atoms with Crippen LogP contribution >= 0.6 is 11.6 Å². The van der Waals surface area contributed by atoms with Gasteiger partial charge in [0, 0.05) is 17.2 Å². The van der Waals surface area contributed by atoms with Gasteiger partial charge in [-0.3, -0.25) is 0 Å². The molecule has 0 N–H and O–H groups in total. The molecule has 1 nitrogen and oxygen atoms in total. The Labute approximate surface area is 123 Å². The molecule has 2 aliphatic carbocycles. The first-order valence-electron chi connectivity index (χ1n) is 6.54. The van der Waals surface area contributed by atoms with Gasteiger partial charge in [0.2, 0.25) is 0 Å². The van der Waals surface area contributed by atoms with Gasteiger partial charge in [-0.05, 0) is 28.3 Å². The second kappa shape index (κ2) is 5.15. The average Bonchev–Trinajstić information content (AvgIpc) is 2.48. The fourth-order valence-corrected chi connectivity index (χ4v) is 3.15. The van der Waals surface area contributed by atoms with Crippen molar-refractivity contribution >= 4 is 24.0 Å². The number of carbonyl (C=O) groups is 1. The van der Waals surface area contributed by atoms with Gasteiger partial charge in [-0.15, -0.1) is 0 Å². The number of fused-ring (bicyclic) bond motifs is 3. The first-order valence-corrected chi connectivity index (χ1v) is 6.92. The maximum absolute atomic E-state index is 11.2. The van der Waals surface area contributed by atoms with E-state index in [0.717, 1.165) is 17.4 Å². The first-order chi connectivity index (χ1) is 9.80. The molecular formula is C18H13ClO. The molecule has 0 fully saturated rings. The number of rotatable bonds is 2. The zero-order valence-electron chi connectivity index (χ0n) is 10.8. The molecule has 20 heavy (non-hydrogen) atoms. The van der Waals surface area contributed by atoms with E-state index in [0.29, 0.717) is 6.42 Å². The van der Waals surface area contributed by atoms with Crippen molar-refractivity contribution in [3.05, 3.63) is 65.3 Å². The van der Waals surface area contributed by atoms with E-state index in [9.17, 15) is 4.79 Å². The van der Waals surface area contributed by atoms with Crippen molar-refractivity contribution in [1.29, 1.82) is 0 Å². The van der Waals surface area contributed by atoms with Gasteiger partial charge in [0.05, 0.1) is 5.92 Å². The van der Waals surface area contributed by atoms with Gasteiger partial charge < -0.3 is 4.79 Å². The smallest absolute Gasteiger partial charge is 0.121 e. The van der Waals surface area contributed by atoms with Crippen molar-refractivity contribution in [3.63, 3.8) is 0 Å². The number of aldehydes is 1. The van der Waals surface area contributed by atoms with Gasteiger partial charge in [-0.1, -0.05) is 60.6 Å². The number of benzene rings is 1. The largest absolute Gasteiger partial charge is 0.303 e. The van der Waals surface area contributed by atoms with E-state index in [4.69, 9.17) is 11.6 Å². The molecule has 0 bridgehead atoms. The molecule has 2 heteroatoms. The summed E-state index contributed by atoms with van der Waals surface area (Å²) in [5.74, 6) is 2.94. The number of hydrogen-bond acceptors (Lipinski definition) is 1. The Morgan fingerprint density at radius 3 is 2.95 bits per heavy atom. The van der Waals surface area contributed by atoms with Gasteiger partial charge in [0.25, 0.3) is 0 Å². The second-order valence-electron chi connectivity index (χ2n) is 5.01. The first kappa shape index (κ1) is 13.0. The molecule has 0 saturated carbocycles. The van der Waals surface area contributed by atoms with E-state index < -0.39 is 0 Å². The summed E-state index contributed by atoms with van der Waals surface area (Å²) in [6.45, 7) is 0. The minimum atomic E-state index is -0.350. The van der Waals surface area contributed by atoms with E-state index in [1.54, 1.807) is 0 Å². The summed E-state index contributed by atoms with van der Waals surface area (Å²) in [4.78, 5) is 11.2. The predicted molar refractivity (Wildman–Crippen MR) is 82.2 cm³/mol. The molecule has 0 aromatic heterocycles. The third-order valence-electron chi connectivity index (χ3n) is 3.97. The Morgan fingerprint density at radius 2 is 2.15 bits per heavy atom. The number of halogens is 1. The van der Waals surface area contributed by atoms with Crippen molar-refractivity contribution in [2.45, 2.75) is 11.8 Å². The average molecular weight is 281 g/mol. The van der Waals surface area contributed by atoms with E-state index in [2.05, 4.69) is 47.7 Å². The van der Waals surface area contributed by atoms with Crippen LogP contribution in [0.15, 0.2) is 54.1 Å². The van der Waals surface area contributed by atoms with Crippen LogP contribution in [-0.2, 0) is 10.2 Å². The molecule has 0 radical (unpaired) electrons. The monoisotopic (exact) mass is 280 g/mol. The fourth-order valence-electron chi connectivity index (χ4n) is 3.02. The molecule has 0 saturated heterocycles.